The van der Waals surface area contributed by atoms with Gasteiger partial charge in [0.1, 0.15) is 10.1 Å². The number of halogens is 1. The summed E-state index contributed by atoms with van der Waals surface area (Å²) in [6.45, 7) is 3.58. The van der Waals surface area contributed by atoms with Crippen LogP contribution < -0.4 is 5.11 Å². The van der Waals surface area contributed by atoms with Gasteiger partial charge in [0, 0.05) is 0 Å². The predicted molar refractivity (Wildman–Crippen MR) is 89.7 cm³/mol. The van der Waals surface area contributed by atoms with Gasteiger partial charge in [-0.05, 0) is 29.7 Å². The molecule has 2 rings (SSSR count). The van der Waals surface area contributed by atoms with Gasteiger partial charge >= 0.3 is 0 Å². The lowest BCUT2D eigenvalue weighted by Gasteiger charge is -2.32. The largest absolute Gasteiger partial charge is 0.548 e. The van der Waals surface area contributed by atoms with Gasteiger partial charge in [0.25, 0.3) is 5.91 Å². The molecule has 7 heteroatoms. The smallest absolute Gasteiger partial charge is 0.266 e. The molecule has 0 saturated carbocycles. The maximum absolute atomic E-state index is 12.9. The molecule has 1 fully saturated rings. The number of carbonyl (C=O) groups excluding carboxylic acids is 2. The maximum Gasteiger partial charge on any atom is 0.266 e. The Bertz CT molecular complexity index is 672. The number of thiocarbonyl (C=S) groups is 1. The molecule has 1 aliphatic rings. The van der Waals surface area contributed by atoms with E-state index in [0.29, 0.717) is 16.9 Å². The lowest BCUT2D eigenvalue weighted by atomic mass is 9.98. The zero-order valence-electron chi connectivity index (χ0n) is 12.6. The Labute approximate surface area is 143 Å². The summed E-state index contributed by atoms with van der Waals surface area (Å²) in [5.74, 6) is -2.44. The molecule has 0 aromatic heterocycles. The number of carboxylic acids is 1. The Morgan fingerprint density at radius 2 is 2.04 bits per heavy atom. The summed E-state index contributed by atoms with van der Waals surface area (Å²) < 4.78 is 13.1. The van der Waals surface area contributed by atoms with Crippen LogP contribution in [0.3, 0.4) is 0 Å². The summed E-state index contributed by atoms with van der Waals surface area (Å²) in [4.78, 5) is 25.4. The molecule has 0 aliphatic carbocycles. The molecule has 122 valence electrons. The van der Waals surface area contributed by atoms with Crippen molar-refractivity contribution in [2.24, 2.45) is 5.92 Å². The monoisotopic (exact) mass is 352 g/mol. The molecular formula is C16H15FNO3S2-. The highest BCUT2D eigenvalue weighted by Crippen LogP contribution is 2.35. The Morgan fingerprint density at radius 3 is 2.57 bits per heavy atom. The zero-order chi connectivity index (χ0) is 17.1. The molecule has 1 heterocycles. The number of hydrogen-bond acceptors (Lipinski definition) is 5. The number of carbonyl (C=O) groups is 2. The first-order chi connectivity index (χ1) is 10.8. The number of benzene rings is 1. The van der Waals surface area contributed by atoms with E-state index in [9.17, 15) is 19.1 Å². The predicted octanol–water partition coefficient (Wildman–Crippen LogP) is 2.19. The fraction of sp³-hybridized carbons (Fsp3) is 0.312. The summed E-state index contributed by atoms with van der Waals surface area (Å²) in [6.07, 6.45) is 2.15. The highest BCUT2D eigenvalue weighted by Gasteiger charge is 2.39. The van der Waals surface area contributed by atoms with Crippen LogP contribution in [0, 0.1) is 11.7 Å². The van der Waals surface area contributed by atoms with Gasteiger partial charge in [-0.2, -0.15) is 0 Å². The number of thioether (sulfide) groups is 1. The van der Waals surface area contributed by atoms with Gasteiger partial charge < -0.3 is 9.90 Å². The van der Waals surface area contributed by atoms with Crippen LogP contribution in [0.2, 0.25) is 0 Å². The Hall–Kier alpha value is -1.73. The summed E-state index contributed by atoms with van der Waals surface area (Å²) in [7, 11) is 0. The second-order valence-corrected chi connectivity index (χ2v) is 6.93. The molecule has 1 aromatic rings. The van der Waals surface area contributed by atoms with Gasteiger partial charge in [0.2, 0.25) is 0 Å². The second-order valence-electron chi connectivity index (χ2n) is 5.25. The third-order valence-corrected chi connectivity index (χ3v) is 5.02. The zero-order valence-corrected chi connectivity index (χ0v) is 14.2. The summed E-state index contributed by atoms with van der Waals surface area (Å²) in [5, 5.41) is 11.4. The van der Waals surface area contributed by atoms with E-state index in [1.807, 2.05) is 6.92 Å². The van der Waals surface area contributed by atoms with E-state index in [1.54, 1.807) is 13.0 Å². The summed E-state index contributed by atoms with van der Waals surface area (Å²) in [6, 6.07) is 4.55. The van der Waals surface area contributed by atoms with Crippen molar-refractivity contribution in [3.05, 3.63) is 40.6 Å². The van der Waals surface area contributed by atoms with Gasteiger partial charge in [-0.1, -0.05) is 56.4 Å². The van der Waals surface area contributed by atoms with Gasteiger partial charge in [-0.15, -0.1) is 0 Å². The molecule has 1 aliphatic heterocycles. The maximum atomic E-state index is 12.9. The van der Waals surface area contributed by atoms with E-state index < -0.39 is 17.9 Å². The molecule has 2 atom stereocenters. The van der Waals surface area contributed by atoms with Gasteiger partial charge in [0.15, 0.2) is 0 Å². The fourth-order valence-corrected chi connectivity index (χ4v) is 3.57. The first-order valence-electron chi connectivity index (χ1n) is 7.08. The van der Waals surface area contributed by atoms with Crippen LogP contribution in [0.15, 0.2) is 29.2 Å². The molecular weight excluding hydrogens is 337 g/mol. The van der Waals surface area contributed by atoms with E-state index in [1.165, 1.54) is 24.3 Å². The highest BCUT2D eigenvalue weighted by molar-refractivity contribution is 8.26. The quantitative estimate of drug-likeness (QED) is 0.600. The van der Waals surface area contributed by atoms with Crippen LogP contribution in [0.4, 0.5) is 4.39 Å². The fourth-order valence-electron chi connectivity index (χ4n) is 2.25. The Balaban J connectivity index is 2.32. The third-order valence-electron chi connectivity index (χ3n) is 3.69. The standard InChI is InChI=1S/C16H16FNO3S2/c1-3-9(2)13(15(20)21)18-14(19)12(23-16(18)22)8-10-4-6-11(17)7-5-10/h4-9,13H,3H2,1-2H3,(H,20,21)/p-1/b12-8-/t9-,13-/m1/s1. The Kier molecular flexibility index (Phi) is 5.54. The first-order valence-corrected chi connectivity index (χ1v) is 8.31. The summed E-state index contributed by atoms with van der Waals surface area (Å²) >= 11 is 6.21. The third kappa shape index (κ3) is 3.79. The molecule has 0 bridgehead atoms. The molecule has 0 unspecified atom stereocenters. The number of nitrogens with zero attached hydrogens (tertiary/aromatic N) is 1. The molecule has 0 radical (unpaired) electrons. The average Bonchev–Trinajstić information content (AvgIpc) is 2.77. The van der Waals surface area contributed by atoms with Crippen LogP contribution >= 0.6 is 24.0 Å². The molecule has 0 spiro atoms. The molecule has 1 aromatic carbocycles. The number of aliphatic carboxylic acids is 1. The van der Waals surface area contributed by atoms with Crippen LogP contribution in [0.25, 0.3) is 6.08 Å². The van der Waals surface area contributed by atoms with Gasteiger partial charge in [-0.25, -0.2) is 4.39 Å². The van der Waals surface area contributed by atoms with E-state index in [-0.39, 0.29) is 16.1 Å². The lowest BCUT2D eigenvalue weighted by Crippen LogP contribution is -2.53. The van der Waals surface area contributed by atoms with Crippen molar-refractivity contribution in [2.75, 3.05) is 0 Å². The lowest BCUT2D eigenvalue weighted by molar-refractivity contribution is -0.311. The first kappa shape index (κ1) is 17.6. The number of hydrogen-bond donors (Lipinski definition) is 0. The topological polar surface area (TPSA) is 60.4 Å². The van der Waals surface area contributed by atoms with Crippen LogP contribution in [0.1, 0.15) is 25.8 Å². The molecule has 1 saturated heterocycles. The van der Waals surface area contributed by atoms with E-state index in [0.717, 1.165) is 16.7 Å². The SMILES string of the molecule is CC[C@@H](C)[C@H](C(=O)[O-])N1C(=O)/C(=C/c2ccc(F)cc2)SC1=S. The number of rotatable bonds is 5. The second kappa shape index (κ2) is 7.23. The van der Waals surface area contributed by atoms with Crippen molar-refractivity contribution in [3.63, 3.8) is 0 Å². The highest BCUT2D eigenvalue weighted by atomic mass is 32.2. The van der Waals surface area contributed by atoms with Crippen molar-refractivity contribution in [1.29, 1.82) is 0 Å². The minimum Gasteiger partial charge on any atom is -0.548 e. The average molecular weight is 352 g/mol. The van der Waals surface area contributed by atoms with Crippen molar-refractivity contribution in [2.45, 2.75) is 26.3 Å². The molecule has 0 N–H and O–H groups in total. The van der Waals surface area contributed by atoms with E-state index in [2.05, 4.69) is 0 Å². The van der Waals surface area contributed by atoms with Gasteiger partial charge in [0.05, 0.1) is 16.9 Å². The summed E-state index contributed by atoms with van der Waals surface area (Å²) in [5.41, 5.74) is 0.639. The van der Waals surface area contributed by atoms with E-state index in [4.69, 9.17) is 12.2 Å². The molecule has 4 nitrogen and oxygen atoms in total. The van der Waals surface area contributed by atoms with Crippen molar-refractivity contribution in [1.82, 2.24) is 4.90 Å². The van der Waals surface area contributed by atoms with Crippen LogP contribution in [-0.4, -0.2) is 27.1 Å². The number of amides is 1. The van der Waals surface area contributed by atoms with E-state index >= 15 is 0 Å². The minimum absolute atomic E-state index is 0.192. The van der Waals surface area contributed by atoms with Crippen molar-refractivity contribution >= 4 is 46.3 Å². The van der Waals surface area contributed by atoms with Crippen molar-refractivity contribution < 1.29 is 19.1 Å². The molecule has 1 amide bonds. The number of carboxylic acid groups (broad SMARTS) is 1. The normalized spacial score (nSPS) is 19.3. The molecule has 23 heavy (non-hydrogen) atoms. The van der Waals surface area contributed by atoms with Crippen LogP contribution in [-0.2, 0) is 9.59 Å². The van der Waals surface area contributed by atoms with Crippen molar-refractivity contribution in [3.8, 4) is 0 Å². The minimum atomic E-state index is -1.32. The Morgan fingerprint density at radius 1 is 1.43 bits per heavy atom. The van der Waals surface area contributed by atoms with Gasteiger partial charge in [-0.3, -0.25) is 9.69 Å². The van der Waals surface area contributed by atoms with Crippen LogP contribution in [0.5, 0.6) is 0 Å².